The molecular formula is C16H24N2O4S. The van der Waals surface area contributed by atoms with Gasteiger partial charge < -0.3 is 15.4 Å². The number of nitrogens with one attached hydrogen (secondary N) is 2. The Morgan fingerprint density at radius 3 is 2.48 bits per heavy atom. The third-order valence-electron chi connectivity index (χ3n) is 3.34. The Labute approximate surface area is 140 Å². The first kappa shape index (κ1) is 19.2. The molecule has 0 saturated heterocycles. The van der Waals surface area contributed by atoms with Crippen LogP contribution in [-0.4, -0.2) is 30.4 Å². The number of esters is 1. The molecule has 0 radical (unpaired) electrons. The van der Waals surface area contributed by atoms with E-state index in [1.165, 1.54) is 18.3 Å². The van der Waals surface area contributed by atoms with Crippen molar-refractivity contribution in [1.82, 2.24) is 5.32 Å². The standard InChI is InChI=1S/C16H24N2O4S/c1-6-7-9(2)17-13(20)8-22-16(21)14-10(3)11(4)23-15(14)18-12(5)19/h9H,6-8H2,1-5H3,(H,17,20)(H,18,19)/t9-/m0/s1. The molecule has 0 saturated carbocycles. The highest BCUT2D eigenvalue weighted by atomic mass is 32.1. The number of hydrogen-bond donors (Lipinski definition) is 2. The minimum Gasteiger partial charge on any atom is -0.452 e. The Morgan fingerprint density at radius 2 is 1.91 bits per heavy atom. The summed E-state index contributed by atoms with van der Waals surface area (Å²) in [6.45, 7) is 8.64. The molecule has 1 aromatic rings. The van der Waals surface area contributed by atoms with Crippen LogP contribution < -0.4 is 10.6 Å². The van der Waals surface area contributed by atoms with Crippen LogP contribution in [0.5, 0.6) is 0 Å². The van der Waals surface area contributed by atoms with Crippen LogP contribution >= 0.6 is 11.3 Å². The molecule has 0 aromatic carbocycles. The Bertz CT molecular complexity index is 595. The minimum absolute atomic E-state index is 0.0475. The minimum atomic E-state index is -0.603. The van der Waals surface area contributed by atoms with Crippen molar-refractivity contribution in [2.75, 3.05) is 11.9 Å². The van der Waals surface area contributed by atoms with Crippen LogP contribution in [0.1, 0.15) is 54.4 Å². The van der Waals surface area contributed by atoms with Crippen molar-refractivity contribution in [2.24, 2.45) is 0 Å². The lowest BCUT2D eigenvalue weighted by molar-refractivity contribution is -0.124. The number of amides is 2. The van der Waals surface area contributed by atoms with Gasteiger partial charge >= 0.3 is 5.97 Å². The maximum Gasteiger partial charge on any atom is 0.341 e. The molecule has 2 amide bonds. The van der Waals surface area contributed by atoms with Gasteiger partial charge in [-0.05, 0) is 32.8 Å². The molecule has 0 bridgehead atoms. The second-order valence-corrected chi connectivity index (χ2v) is 6.73. The summed E-state index contributed by atoms with van der Waals surface area (Å²) in [5.74, 6) is -1.19. The Hall–Kier alpha value is -1.89. The molecule has 0 unspecified atom stereocenters. The van der Waals surface area contributed by atoms with E-state index in [9.17, 15) is 14.4 Å². The number of anilines is 1. The van der Waals surface area contributed by atoms with Gasteiger partial charge in [0.05, 0.1) is 5.56 Å². The molecule has 23 heavy (non-hydrogen) atoms. The number of carbonyl (C=O) groups is 3. The summed E-state index contributed by atoms with van der Waals surface area (Å²) in [7, 11) is 0. The van der Waals surface area contributed by atoms with Crippen LogP contribution in [0.2, 0.25) is 0 Å². The monoisotopic (exact) mass is 340 g/mol. The van der Waals surface area contributed by atoms with Gasteiger partial charge in [0.25, 0.3) is 5.91 Å². The normalized spacial score (nSPS) is 11.7. The SMILES string of the molecule is CCC[C@H](C)NC(=O)COC(=O)c1c(NC(C)=O)sc(C)c1C. The lowest BCUT2D eigenvalue weighted by Crippen LogP contribution is -2.35. The maximum atomic E-state index is 12.3. The Balaban J connectivity index is 2.71. The Morgan fingerprint density at radius 1 is 1.26 bits per heavy atom. The van der Waals surface area contributed by atoms with E-state index in [-0.39, 0.29) is 24.5 Å². The van der Waals surface area contributed by atoms with Crippen molar-refractivity contribution < 1.29 is 19.1 Å². The van der Waals surface area contributed by atoms with Gasteiger partial charge in [-0.1, -0.05) is 13.3 Å². The second-order valence-electron chi connectivity index (χ2n) is 5.50. The maximum absolute atomic E-state index is 12.3. The van der Waals surface area contributed by atoms with Crippen LogP contribution in [0.25, 0.3) is 0 Å². The second kappa shape index (κ2) is 8.67. The number of ether oxygens (including phenoxy) is 1. The Kier molecular flexibility index (Phi) is 7.22. The van der Waals surface area contributed by atoms with E-state index in [4.69, 9.17) is 4.74 Å². The predicted molar refractivity (Wildman–Crippen MR) is 90.9 cm³/mol. The van der Waals surface area contributed by atoms with E-state index >= 15 is 0 Å². The molecule has 0 aliphatic carbocycles. The van der Waals surface area contributed by atoms with Crippen molar-refractivity contribution in [2.45, 2.75) is 53.5 Å². The van der Waals surface area contributed by atoms with E-state index in [1.54, 1.807) is 6.92 Å². The predicted octanol–water partition coefficient (Wildman–Crippen LogP) is 2.78. The lowest BCUT2D eigenvalue weighted by atomic mass is 10.1. The van der Waals surface area contributed by atoms with Gasteiger partial charge in [0.15, 0.2) is 6.61 Å². The van der Waals surface area contributed by atoms with Crippen LogP contribution in [0, 0.1) is 13.8 Å². The first-order valence-electron chi connectivity index (χ1n) is 7.60. The van der Waals surface area contributed by atoms with Crippen molar-refractivity contribution in [3.05, 3.63) is 16.0 Å². The van der Waals surface area contributed by atoms with Crippen molar-refractivity contribution in [3.63, 3.8) is 0 Å². The third-order valence-corrected chi connectivity index (χ3v) is 4.47. The van der Waals surface area contributed by atoms with Crippen LogP contribution in [0.3, 0.4) is 0 Å². The van der Waals surface area contributed by atoms with E-state index in [0.717, 1.165) is 23.3 Å². The van der Waals surface area contributed by atoms with E-state index < -0.39 is 5.97 Å². The van der Waals surface area contributed by atoms with Crippen LogP contribution in [-0.2, 0) is 14.3 Å². The molecule has 1 rings (SSSR count). The van der Waals surface area contributed by atoms with Crippen molar-refractivity contribution >= 4 is 34.1 Å². The number of aryl methyl sites for hydroxylation is 1. The highest BCUT2D eigenvalue weighted by Gasteiger charge is 2.22. The smallest absolute Gasteiger partial charge is 0.341 e. The summed E-state index contributed by atoms with van der Waals surface area (Å²) in [6.07, 6.45) is 1.84. The van der Waals surface area contributed by atoms with E-state index in [0.29, 0.717) is 10.6 Å². The number of hydrogen-bond acceptors (Lipinski definition) is 5. The van der Waals surface area contributed by atoms with Gasteiger partial charge in [0.2, 0.25) is 5.91 Å². The lowest BCUT2D eigenvalue weighted by Gasteiger charge is -2.13. The zero-order chi connectivity index (χ0) is 17.6. The molecule has 0 aliphatic rings. The molecule has 0 fully saturated rings. The van der Waals surface area contributed by atoms with Gasteiger partial charge in [0, 0.05) is 17.8 Å². The van der Waals surface area contributed by atoms with E-state index in [1.807, 2.05) is 20.8 Å². The van der Waals surface area contributed by atoms with Gasteiger partial charge in [-0.2, -0.15) is 0 Å². The fourth-order valence-electron chi connectivity index (χ4n) is 2.15. The largest absolute Gasteiger partial charge is 0.452 e. The number of rotatable bonds is 7. The summed E-state index contributed by atoms with van der Waals surface area (Å²) >= 11 is 1.32. The van der Waals surface area contributed by atoms with Crippen LogP contribution in [0.4, 0.5) is 5.00 Å². The summed E-state index contributed by atoms with van der Waals surface area (Å²) in [4.78, 5) is 36.2. The average molecular weight is 340 g/mol. The summed E-state index contributed by atoms with van der Waals surface area (Å²) in [6, 6.07) is 0.0475. The molecule has 0 aliphatic heterocycles. The van der Waals surface area contributed by atoms with Gasteiger partial charge in [-0.15, -0.1) is 11.3 Å². The summed E-state index contributed by atoms with van der Waals surface area (Å²) in [5.41, 5.74) is 1.07. The first-order valence-corrected chi connectivity index (χ1v) is 8.41. The number of carbonyl (C=O) groups excluding carboxylic acids is 3. The quantitative estimate of drug-likeness (QED) is 0.748. The fourth-order valence-corrected chi connectivity index (χ4v) is 3.24. The van der Waals surface area contributed by atoms with Crippen LogP contribution in [0.15, 0.2) is 0 Å². The van der Waals surface area contributed by atoms with Crippen molar-refractivity contribution in [1.29, 1.82) is 0 Å². The molecule has 2 N–H and O–H groups in total. The van der Waals surface area contributed by atoms with E-state index in [2.05, 4.69) is 10.6 Å². The fraction of sp³-hybridized carbons (Fsp3) is 0.562. The molecule has 6 nitrogen and oxygen atoms in total. The highest BCUT2D eigenvalue weighted by Crippen LogP contribution is 2.32. The zero-order valence-electron chi connectivity index (χ0n) is 14.2. The molecule has 7 heteroatoms. The average Bonchev–Trinajstić information content (AvgIpc) is 2.70. The molecule has 1 aromatic heterocycles. The topological polar surface area (TPSA) is 84.5 Å². The summed E-state index contributed by atoms with van der Waals surface area (Å²) < 4.78 is 5.09. The summed E-state index contributed by atoms with van der Waals surface area (Å²) in [5, 5.41) is 5.86. The van der Waals surface area contributed by atoms with Gasteiger partial charge in [-0.3, -0.25) is 9.59 Å². The zero-order valence-corrected chi connectivity index (χ0v) is 15.1. The molecule has 128 valence electrons. The molecule has 1 atom stereocenters. The van der Waals surface area contributed by atoms with Crippen molar-refractivity contribution in [3.8, 4) is 0 Å². The first-order chi connectivity index (χ1) is 10.8. The van der Waals surface area contributed by atoms with Gasteiger partial charge in [0.1, 0.15) is 5.00 Å². The third kappa shape index (κ3) is 5.67. The molecular weight excluding hydrogens is 316 g/mol. The van der Waals surface area contributed by atoms with Gasteiger partial charge in [-0.25, -0.2) is 4.79 Å². The molecule has 0 spiro atoms. The number of thiophene rings is 1. The highest BCUT2D eigenvalue weighted by molar-refractivity contribution is 7.16. The molecule has 1 heterocycles.